The van der Waals surface area contributed by atoms with Crippen LogP contribution in [0.15, 0.2) is 41.2 Å². The standard InChI is InChI=1S/C18H20N4O5S.ClH/c1-22-18(23)14-10-17(27-3)16(26-2)9-13(14)15(20-22)8-11-5-4-6-12(7-11)21-28(19,24)25;/h4-7,9-10,21H,8H2,1-3H3,(H2,19,24,25);1H. The first kappa shape index (κ1) is 22.5. The Hall–Kier alpha value is -2.82. The van der Waals surface area contributed by atoms with Crippen LogP contribution in [0.5, 0.6) is 11.5 Å². The van der Waals surface area contributed by atoms with Crippen molar-refractivity contribution in [1.82, 2.24) is 9.78 Å². The third-order valence-electron chi connectivity index (χ3n) is 4.19. The molecule has 156 valence electrons. The van der Waals surface area contributed by atoms with E-state index in [2.05, 4.69) is 9.82 Å². The number of nitrogens with zero attached hydrogens (tertiary/aromatic N) is 2. The Morgan fingerprint density at radius 1 is 1.10 bits per heavy atom. The molecule has 0 saturated carbocycles. The minimum absolute atomic E-state index is 0. The number of nitrogens with two attached hydrogens (primary N) is 1. The van der Waals surface area contributed by atoms with Crippen LogP contribution in [0.2, 0.25) is 0 Å². The van der Waals surface area contributed by atoms with E-state index >= 15 is 0 Å². The lowest BCUT2D eigenvalue weighted by Crippen LogP contribution is -2.22. The molecule has 3 rings (SSSR count). The number of benzene rings is 2. The molecule has 0 aliphatic heterocycles. The van der Waals surface area contributed by atoms with E-state index in [9.17, 15) is 13.2 Å². The molecule has 0 unspecified atom stereocenters. The van der Waals surface area contributed by atoms with Crippen molar-refractivity contribution in [2.24, 2.45) is 12.2 Å². The van der Waals surface area contributed by atoms with Crippen LogP contribution in [0.1, 0.15) is 11.3 Å². The molecule has 1 aromatic heterocycles. The van der Waals surface area contributed by atoms with Gasteiger partial charge in [0.1, 0.15) is 0 Å². The third-order valence-corrected chi connectivity index (χ3v) is 4.71. The Morgan fingerprint density at radius 2 is 1.72 bits per heavy atom. The van der Waals surface area contributed by atoms with Crippen LogP contribution in [0, 0.1) is 0 Å². The van der Waals surface area contributed by atoms with Gasteiger partial charge in [0.15, 0.2) is 11.5 Å². The highest BCUT2D eigenvalue weighted by Gasteiger charge is 2.15. The fourth-order valence-corrected chi connectivity index (χ4v) is 3.44. The first-order valence-electron chi connectivity index (χ1n) is 8.23. The number of halogens is 1. The summed E-state index contributed by atoms with van der Waals surface area (Å²) in [7, 11) is 0.713. The van der Waals surface area contributed by atoms with Crippen molar-refractivity contribution in [2.45, 2.75) is 6.42 Å². The number of aromatic nitrogens is 2. The lowest BCUT2D eigenvalue weighted by atomic mass is 10.0. The maximum atomic E-state index is 12.5. The van der Waals surface area contributed by atoms with Crippen molar-refractivity contribution in [1.29, 1.82) is 0 Å². The van der Waals surface area contributed by atoms with Gasteiger partial charge in [-0.15, -0.1) is 12.4 Å². The second kappa shape index (κ2) is 8.68. The molecule has 2 aromatic carbocycles. The van der Waals surface area contributed by atoms with E-state index in [1.807, 2.05) is 6.07 Å². The lowest BCUT2D eigenvalue weighted by molar-refractivity contribution is 0.355. The molecular weight excluding hydrogens is 420 g/mol. The van der Waals surface area contributed by atoms with Gasteiger partial charge in [0.25, 0.3) is 15.8 Å². The van der Waals surface area contributed by atoms with Gasteiger partial charge in [0, 0.05) is 18.9 Å². The molecule has 3 aromatic rings. The Kier molecular flexibility index (Phi) is 6.73. The molecule has 0 saturated heterocycles. The molecule has 0 radical (unpaired) electrons. The highest BCUT2D eigenvalue weighted by Crippen LogP contribution is 2.32. The first-order chi connectivity index (χ1) is 13.2. The van der Waals surface area contributed by atoms with E-state index in [-0.39, 0.29) is 18.0 Å². The number of rotatable bonds is 6. The van der Waals surface area contributed by atoms with Gasteiger partial charge in [-0.3, -0.25) is 9.52 Å². The van der Waals surface area contributed by atoms with Crippen molar-refractivity contribution in [3.63, 3.8) is 0 Å². The largest absolute Gasteiger partial charge is 0.493 e. The molecule has 1 heterocycles. The van der Waals surface area contributed by atoms with Crippen LogP contribution < -0.4 is 24.9 Å². The number of fused-ring (bicyclic) bond motifs is 1. The summed E-state index contributed by atoms with van der Waals surface area (Å²) in [5, 5.41) is 10.5. The molecule has 0 fully saturated rings. The monoisotopic (exact) mass is 440 g/mol. The van der Waals surface area contributed by atoms with Crippen molar-refractivity contribution in [3.8, 4) is 11.5 Å². The van der Waals surface area contributed by atoms with Gasteiger partial charge >= 0.3 is 0 Å². The van der Waals surface area contributed by atoms with Crippen molar-refractivity contribution in [2.75, 3.05) is 18.9 Å². The number of hydrogen-bond acceptors (Lipinski definition) is 6. The van der Waals surface area contributed by atoms with E-state index in [0.29, 0.717) is 40.1 Å². The molecule has 0 aliphatic rings. The van der Waals surface area contributed by atoms with Gasteiger partial charge < -0.3 is 9.47 Å². The Labute approximate surface area is 174 Å². The summed E-state index contributed by atoms with van der Waals surface area (Å²) in [4.78, 5) is 12.5. The normalized spacial score (nSPS) is 11.0. The minimum atomic E-state index is -3.87. The fraction of sp³-hybridized carbons (Fsp3) is 0.222. The van der Waals surface area contributed by atoms with Gasteiger partial charge in [0.2, 0.25) is 0 Å². The van der Waals surface area contributed by atoms with E-state index in [1.54, 1.807) is 37.4 Å². The predicted molar refractivity (Wildman–Crippen MR) is 113 cm³/mol. The number of aryl methyl sites for hydroxylation is 1. The van der Waals surface area contributed by atoms with Gasteiger partial charge in [-0.25, -0.2) is 9.82 Å². The zero-order valence-electron chi connectivity index (χ0n) is 16.0. The smallest absolute Gasteiger partial charge is 0.296 e. The first-order valence-corrected chi connectivity index (χ1v) is 9.78. The molecule has 29 heavy (non-hydrogen) atoms. The quantitative estimate of drug-likeness (QED) is 0.599. The fourth-order valence-electron chi connectivity index (χ4n) is 2.98. The summed E-state index contributed by atoms with van der Waals surface area (Å²) in [6.45, 7) is 0. The van der Waals surface area contributed by atoms with E-state index in [4.69, 9.17) is 14.6 Å². The molecule has 0 aliphatic carbocycles. The molecule has 11 heteroatoms. The number of methoxy groups -OCH3 is 2. The number of anilines is 1. The molecule has 0 bridgehead atoms. The highest BCUT2D eigenvalue weighted by atomic mass is 35.5. The number of nitrogens with one attached hydrogen (secondary N) is 1. The topological polar surface area (TPSA) is 126 Å². The second-order valence-electron chi connectivity index (χ2n) is 6.15. The Bertz CT molecular complexity index is 1210. The van der Waals surface area contributed by atoms with Crippen molar-refractivity contribution < 1.29 is 17.9 Å². The molecule has 0 spiro atoms. The predicted octanol–water partition coefficient (Wildman–Crippen LogP) is 1.58. The Morgan fingerprint density at radius 3 is 2.31 bits per heavy atom. The SMILES string of the molecule is COc1cc2c(Cc3cccc(NS(N)(=O)=O)c3)nn(C)c(=O)c2cc1OC.Cl. The Balaban J connectivity index is 0.00000300. The molecule has 3 N–H and O–H groups in total. The molecule has 0 amide bonds. The van der Waals surface area contributed by atoms with Crippen LogP contribution in [0.3, 0.4) is 0 Å². The lowest BCUT2D eigenvalue weighted by Gasteiger charge is -2.13. The molecule has 0 atom stereocenters. The minimum Gasteiger partial charge on any atom is -0.493 e. The average molecular weight is 441 g/mol. The maximum absolute atomic E-state index is 12.5. The van der Waals surface area contributed by atoms with Crippen molar-refractivity contribution >= 4 is 39.1 Å². The molecule has 9 nitrogen and oxygen atoms in total. The summed E-state index contributed by atoms with van der Waals surface area (Å²) >= 11 is 0. The summed E-state index contributed by atoms with van der Waals surface area (Å²) in [5.41, 5.74) is 1.50. The number of hydrogen-bond donors (Lipinski definition) is 2. The zero-order valence-corrected chi connectivity index (χ0v) is 17.6. The van der Waals surface area contributed by atoms with Gasteiger partial charge in [-0.1, -0.05) is 12.1 Å². The van der Waals surface area contributed by atoms with Crippen LogP contribution >= 0.6 is 12.4 Å². The maximum Gasteiger partial charge on any atom is 0.296 e. The molecular formula is C18H21ClN4O5S. The van der Waals surface area contributed by atoms with Gasteiger partial charge in [-0.05, 0) is 29.8 Å². The summed E-state index contributed by atoms with van der Waals surface area (Å²) in [6.07, 6.45) is 0.361. The van der Waals surface area contributed by atoms with Crippen LogP contribution in [-0.2, 0) is 23.7 Å². The number of ether oxygens (including phenoxy) is 2. The summed E-state index contributed by atoms with van der Waals surface area (Å²) < 4.78 is 36.6. The van der Waals surface area contributed by atoms with Crippen LogP contribution in [-0.4, -0.2) is 32.4 Å². The van der Waals surface area contributed by atoms with Crippen LogP contribution in [0.25, 0.3) is 10.8 Å². The van der Waals surface area contributed by atoms with Crippen molar-refractivity contribution in [3.05, 3.63) is 58.0 Å². The van der Waals surface area contributed by atoms with E-state index in [0.717, 1.165) is 5.56 Å². The second-order valence-corrected chi connectivity index (χ2v) is 7.45. The van der Waals surface area contributed by atoms with Gasteiger partial charge in [-0.2, -0.15) is 13.5 Å². The third kappa shape index (κ3) is 4.97. The van der Waals surface area contributed by atoms with Gasteiger partial charge in [0.05, 0.1) is 31.0 Å². The summed E-state index contributed by atoms with van der Waals surface area (Å²) in [5.74, 6) is 0.930. The average Bonchev–Trinajstić information content (AvgIpc) is 2.63. The van der Waals surface area contributed by atoms with E-state index < -0.39 is 10.2 Å². The highest BCUT2D eigenvalue weighted by molar-refractivity contribution is 7.90. The van der Waals surface area contributed by atoms with E-state index in [1.165, 1.54) is 18.9 Å². The summed E-state index contributed by atoms with van der Waals surface area (Å²) in [6, 6.07) is 10.1. The van der Waals surface area contributed by atoms with Crippen LogP contribution in [0.4, 0.5) is 5.69 Å². The zero-order chi connectivity index (χ0) is 20.5.